The van der Waals surface area contributed by atoms with Gasteiger partial charge in [0.15, 0.2) is 0 Å². The van der Waals surface area contributed by atoms with E-state index in [0.717, 1.165) is 41.7 Å². The Morgan fingerprint density at radius 2 is 1.80 bits per heavy atom. The summed E-state index contributed by atoms with van der Waals surface area (Å²) >= 11 is 3.51. The van der Waals surface area contributed by atoms with E-state index in [2.05, 4.69) is 78.1 Å². The van der Waals surface area contributed by atoms with Crippen molar-refractivity contribution >= 4 is 44.7 Å². The third-order valence-corrected chi connectivity index (χ3v) is 7.68. The first-order chi connectivity index (χ1) is 19.3. The minimum atomic E-state index is -0.447. The standard InChI is InChI=1S/C33H38BrFN4O/c1-5-38(6-2)18-8-17-36-31-21-30-28(20-29(31)35)33(40)39(22-25-9-7-10-27(34)19-25)32(37-30)16-13-24-11-14-26(15-12-24)23(3)4/h7,9-16,19-21,23,36H,5-6,8,17-18,22H2,1-4H3/b16-13+. The van der Waals surface area contributed by atoms with Crippen molar-refractivity contribution in [3.05, 3.63) is 104 Å². The Morgan fingerprint density at radius 3 is 2.48 bits per heavy atom. The van der Waals surface area contributed by atoms with Gasteiger partial charge in [0.05, 0.1) is 23.1 Å². The summed E-state index contributed by atoms with van der Waals surface area (Å²) in [4.78, 5) is 20.9. The van der Waals surface area contributed by atoms with Crippen LogP contribution in [-0.2, 0) is 6.54 Å². The summed E-state index contributed by atoms with van der Waals surface area (Å²) in [6.45, 7) is 12.5. The number of rotatable bonds is 12. The fourth-order valence-electron chi connectivity index (χ4n) is 4.72. The molecule has 210 valence electrons. The highest BCUT2D eigenvalue weighted by Crippen LogP contribution is 2.22. The van der Waals surface area contributed by atoms with E-state index in [0.29, 0.717) is 36.0 Å². The van der Waals surface area contributed by atoms with Crippen LogP contribution in [0.4, 0.5) is 10.1 Å². The predicted octanol–water partition coefficient (Wildman–Crippen LogP) is 7.78. The van der Waals surface area contributed by atoms with Crippen LogP contribution in [0.1, 0.15) is 62.5 Å². The second kappa shape index (κ2) is 13.9. The molecule has 1 aromatic heterocycles. The number of nitrogens with zero attached hydrogens (tertiary/aromatic N) is 3. The van der Waals surface area contributed by atoms with Gasteiger partial charge in [0, 0.05) is 11.0 Å². The van der Waals surface area contributed by atoms with Crippen LogP contribution in [0.2, 0.25) is 0 Å². The molecule has 0 spiro atoms. The van der Waals surface area contributed by atoms with Crippen molar-refractivity contribution in [2.45, 2.75) is 46.6 Å². The van der Waals surface area contributed by atoms with Gasteiger partial charge in [-0.1, -0.05) is 86.1 Å². The molecule has 0 bridgehead atoms. The van der Waals surface area contributed by atoms with E-state index in [1.807, 2.05) is 36.4 Å². The van der Waals surface area contributed by atoms with Crippen LogP contribution in [0.15, 0.2) is 69.9 Å². The molecule has 0 aliphatic rings. The molecule has 5 nitrogen and oxygen atoms in total. The molecule has 0 fully saturated rings. The molecule has 0 atom stereocenters. The Hall–Kier alpha value is -3.29. The Labute approximate surface area is 244 Å². The fourth-order valence-corrected chi connectivity index (χ4v) is 5.17. The maximum absolute atomic E-state index is 15.1. The fraction of sp³-hybridized carbons (Fsp3) is 0.333. The zero-order chi connectivity index (χ0) is 28.6. The van der Waals surface area contributed by atoms with Crippen LogP contribution < -0.4 is 10.9 Å². The zero-order valence-electron chi connectivity index (χ0n) is 23.8. The number of nitrogens with one attached hydrogen (secondary N) is 1. The van der Waals surface area contributed by atoms with Crippen molar-refractivity contribution in [2.75, 3.05) is 31.5 Å². The van der Waals surface area contributed by atoms with E-state index >= 15 is 4.39 Å². The molecule has 0 radical (unpaired) electrons. The van der Waals surface area contributed by atoms with Crippen LogP contribution in [0.5, 0.6) is 0 Å². The predicted molar refractivity (Wildman–Crippen MR) is 170 cm³/mol. The van der Waals surface area contributed by atoms with Gasteiger partial charge in [0.1, 0.15) is 11.6 Å². The molecule has 0 aliphatic carbocycles. The number of hydrogen-bond acceptors (Lipinski definition) is 4. The van der Waals surface area contributed by atoms with E-state index in [-0.39, 0.29) is 10.9 Å². The maximum Gasteiger partial charge on any atom is 0.262 e. The quantitative estimate of drug-likeness (QED) is 0.168. The lowest BCUT2D eigenvalue weighted by Crippen LogP contribution is -2.26. The van der Waals surface area contributed by atoms with E-state index in [4.69, 9.17) is 4.98 Å². The summed E-state index contributed by atoms with van der Waals surface area (Å²) in [5.41, 5.74) is 3.79. The molecule has 1 N–H and O–H groups in total. The largest absolute Gasteiger partial charge is 0.383 e. The first-order valence-electron chi connectivity index (χ1n) is 14.0. The first kappa shape index (κ1) is 29.7. The smallest absolute Gasteiger partial charge is 0.262 e. The van der Waals surface area contributed by atoms with Crippen LogP contribution in [0.3, 0.4) is 0 Å². The molecule has 0 aliphatic heterocycles. The van der Waals surface area contributed by atoms with Crippen molar-refractivity contribution in [2.24, 2.45) is 0 Å². The highest BCUT2D eigenvalue weighted by Gasteiger charge is 2.14. The third-order valence-electron chi connectivity index (χ3n) is 7.19. The highest BCUT2D eigenvalue weighted by atomic mass is 79.9. The minimum Gasteiger partial charge on any atom is -0.383 e. The number of anilines is 1. The Bertz CT molecular complexity index is 1520. The Kier molecular flexibility index (Phi) is 10.3. The monoisotopic (exact) mass is 604 g/mol. The van der Waals surface area contributed by atoms with Gasteiger partial charge in [-0.05, 0) is 79.0 Å². The lowest BCUT2D eigenvalue weighted by atomic mass is 10.0. The molecular weight excluding hydrogens is 567 g/mol. The van der Waals surface area contributed by atoms with Gasteiger partial charge < -0.3 is 10.2 Å². The van der Waals surface area contributed by atoms with Crippen LogP contribution in [-0.4, -0.2) is 40.6 Å². The Balaban J connectivity index is 1.70. The van der Waals surface area contributed by atoms with E-state index in [1.54, 1.807) is 10.6 Å². The van der Waals surface area contributed by atoms with Gasteiger partial charge >= 0.3 is 0 Å². The molecule has 0 amide bonds. The molecule has 7 heteroatoms. The zero-order valence-corrected chi connectivity index (χ0v) is 25.3. The molecule has 1 heterocycles. The van der Waals surface area contributed by atoms with Crippen LogP contribution >= 0.6 is 15.9 Å². The summed E-state index contributed by atoms with van der Waals surface area (Å²) in [7, 11) is 0. The average molecular weight is 606 g/mol. The number of hydrogen-bond donors (Lipinski definition) is 1. The van der Waals surface area contributed by atoms with Gasteiger partial charge in [0.25, 0.3) is 5.56 Å². The van der Waals surface area contributed by atoms with Crippen LogP contribution in [0.25, 0.3) is 23.1 Å². The number of fused-ring (bicyclic) bond motifs is 1. The van der Waals surface area contributed by atoms with Crippen LogP contribution in [0, 0.1) is 5.82 Å². The second-order valence-electron chi connectivity index (χ2n) is 10.3. The van der Waals surface area contributed by atoms with Gasteiger partial charge in [-0.25, -0.2) is 9.37 Å². The van der Waals surface area contributed by atoms with Crippen molar-refractivity contribution in [1.82, 2.24) is 14.5 Å². The maximum atomic E-state index is 15.1. The SMILES string of the molecule is CCN(CC)CCCNc1cc2nc(/C=C/c3ccc(C(C)C)cc3)n(Cc3cccc(Br)c3)c(=O)c2cc1F. The van der Waals surface area contributed by atoms with E-state index in [9.17, 15) is 4.79 Å². The molecule has 40 heavy (non-hydrogen) atoms. The summed E-state index contributed by atoms with van der Waals surface area (Å²) < 4.78 is 17.7. The summed E-state index contributed by atoms with van der Waals surface area (Å²) in [5.74, 6) is 0.525. The highest BCUT2D eigenvalue weighted by molar-refractivity contribution is 9.10. The molecule has 4 rings (SSSR count). The molecular formula is C33H38BrFN4O. The van der Waals surface area contributed by atoms with Crippen molar-refractivity contribution in [1.29, 1.82) is 0 Å². The third kappa shape index (κ3) is 7.46. The van der Waals surface area contributed by atoms with E-state index < -0.39 is 5.82 Å². The summed E-state index contributed by atoms with van der Waals surface area (Å²) in [5, 5.41) is 3.47. The van der Waals surface area contributed by atoms with E-state index in [1.165, 1.54) is 11.6 Å². The first-order valence-corrected chi connectivity index (χ1v) is 14.8. The molecule has 4 aromatic rings. The average Bonchev–Trinajstić information content (AvgIpc) is 2.94. The van der Waals surface area contributed by atoms with Gasteiger partial charge in [0.2, 0.25) is 0 Å². The van der Waals surface area contributed by atoms with Gasteiger partial charge in [-0.15, -0.1) is 0 Å². The number of benzene rings is 3. The second-order valence-corrected chi connectivity index (χ2v) is 11.2. The number of halogens is 2. The summed E-state index contributed by atoms with van der Waals surface area (Å²) in [6, 6.07) is 19.2. The van der Waals surface area contributed by atoms with Gasteiger partial charge in [-0.3, -0.25) is 9.36 Å². The molecule has 3 aromatic carbocycles. The summed E-state index contributed by atoms with van der Waals surface area (Å²) in [6.07, 6.45) is 4.72. The number of aromatic nitrogens is 2. The lowest BCUT2D eigenvalue weighted by Gasteiger charge is -2.18. The van der Waals surface area contributed by atoms with Crippen molar-refractivity contribution < 1.29 is 4.39 Å². The Morgan fingerprint density at radius 1 is 1.05 bits per heavy atom. The molecule has 0 saturated heterocycles. The topological polar surface area (TPSA) is 50.2 Å². The minimum absolute atomic E-state index is 0.264. The molecule has 0 unspecified atom stereocenters. The van der Waals surface area contributed by atoms with Crippen molar-refractivity contribution in [3.63, 3.8) is 0 Å². The van der Waals surface area contributed by atoms with Crippen molar-refractivity contribution in [3.8, 4) is 0 Å². The normalized spacial score (nSPS) is 11.8. The molecule has 0 saturated carbocycles. The lowest BCUT2D eigenvalue weighted by molar-refractivity contribution is 0.303. The van der Waals surface area contributed by atoms with Gasteiger partial charge in [-0.2, -0.15) is 0 Å².